The number of benzene rings is 1. The van der Waals surface area contributed by atoms with Crippen LogP contribution in [-0.2, 0) is 6.42 Å². The van der Waals surface area contributed by atoms with Crippen LogP contribution in [0.5, 0.6) is 0 Å². The van der Waals surface area contributed by atoms with Crippen molar-refractivity contribution in [3.63, 3.8) is 0 Å². The first-order valence-corrected chi connectivity index (χ1v) is 5.70. The summed E-state index contributed by atoms with van der Waals surface area (Å²) in [6.07, 6.45) is 5.83. The molecule has 1 aliphatic carbocycles. The van der Waals surface area contributed by atoms with Gasteiger partial charge >= 0.3 is 0 Å². The molecule has 0 fully saturated rings. The molecular formula is C15H20. The molecule has 0 unspecified atom stereocenters. The highest BCUT2D eigenvalue weighted by Crippen LogP contribution is 2.35. The zero-order chi connectivity index (χ0) is 11.2. The summed E-state index contributed by atoms with van der Waals surface area (Å²) in [5.41, 5.74) is 7.64. The second-order valence-electron chi connectivity index (χ2n) is 5.53. The number of allylic oxidation sites excluding steroid dienone is 1. The molecule has 0 aliphatic heterocycles. The predicted octanol–water partition coefficient (Wildman–Crippen LogP) is 4.21. The van der Waals surface area contributed by atoms with Gasteiger partial charge in [0.1, 0.15) is 0 Å². The van der Waals surface area contributed by atoms with Gasteiger partial charge in [-0.25, -0.2) is 0 Å². The van der Waals surface area contributed by atoms with Crippen molar-refractivity contribution in [1.82, 2.24) is 0 Å². The Morgan fingerprint density at radius 3 is 2.40 bits per heavy atom. The molecule has 1 aliphatic rings. The lowest BCUT2D eigenvalue weighted by atomic mass is 9.76. The molecule has 0 amide bonds. The highest BCUT2D eigenvalue weighted by molar-refractivity contribution is 5.64. The summed E-state index contributed by atoms with van der Waals surface area (Å²) >= 11 is 0. The Kier molecular flexibility index (Phi) is 2.26. The minimum absolute atomic E-state index is 0.319. The first-order chi connectivity index (χ1) is 6.91. The number of rotatable bonds is 0. The van der Waals surface area contributed by atoms with Crippen LogP contribution in [0.4, 0.5) is 0 Å². The van der Waals surface area contributed by atoms with Crippen molar-refractivity contribution in [3.05, 3.63) is 40.0 Å². The summed E-state index contributed by atoms with van der Waals surface area (Å²) < 4.78 is 0. The van der Waals surface area contributed by atoms with E-state index < -0.39 is 0 Å². The van der Waals surface area contributed by atoms with Crippen LogP contribution in [0.2, 0.25) is 0 Å². The van der Waals surface area contributed by atoms with Crippen LogP contribution in [-0.4, -0.2) is 0 Å². The normalized spacial score (nSPS) is 17.7. The van der Waals surface area contributed by atoms with Crippen molar-refractivity contribution in [3.8, 4) is 0 Å². The number of hydrogen-bond donors (Lipinski definition) is 0. The number of fused-ring (bicyclic) bond motifs is 1. The third-order valence-electron chi connectivity index (χ3n) is 3.56. The topological polar surface area (TPSA) is 0 Å². The van der Waals surface area contributed by atoms with Gasteiger partial charge in [0, 0.05) is 0 Å². The molecule has 0 nitrogen and oxygen atoms in total. The van der Waals surface area contributed by atoms with Crippen LogP contribution in [0.25, 0.3) is 6.08 Å². The van der Waals surface area contributed by atoms with Crippen molar-refractivity contribution in [1.29, 1.82) is 0 Å². The molecule has 0 spiro atoms. The first kappa shape index (κ1) is 10.5. The molecule has 0 bridgehead atoms. The molecule has 1 aromatic carbocycles. The van der Waals surface area contributed by atoms with Gasteiger partial charge in [-0.2, -0.15) is 0 Å². The molecule has 0 saturated heterocycles. The van der Waals surface area contributed by atoms with E-state index in [-0.39, 0.29) is 0 Å². The summed E-state index contributed by atoms with van der Waals surface area (Å²) in [5.74, 6) is 0. The Balaban J connectivity index is 2.66. The lowest BCUT2D eigenvalue weighted by Crippen LogP contribution is -2.17. The van der Waals surface area contributed by atoms with Gasteiger partial charge in [0.05, 0.1) is 0 Å². The summed E-state index contributed by atoms with van der Waals surface area (Å²) in [6, 6.07) is 2.32. The zero-order valence-electron chi connectivity index (χ0n) is 10.4. The fraction of sp³-hybridized carbons (Fsp3) is 0.467. The van der Waals surface area contributed by atoms with Crippen molar-refractivity contribution in [2.24, 2.45) is 5.41 Å². The van der Waals surface area contributed by atoms with E-state index in [2.05, 4.69) is 52.8 Å². The lowest BCUT2D eigenvalue weighted by molar-refractivity contribution is 0.473. The lowest BCUT2D eigenvalue weighted by Gasteiger charge is -2.28. The van der Waals surface area contributed by atoms with E-state index in [1.165, 1.54) is 28.7 Å². The quantitative estimate of drug-likeness (QED) is 0.588. The van der Waals surface area contributed by atoms with Crippen LogP contribution < -0.4 is 0 Å². The van der Waals surface area contributed by atoms with Gasteiger partial charge in [0.15, 0.2) is 0 Å². The maximum Gasteiger partial charge on any atom is -0.0131 e. The Hall–Kier alpha value is -1.04. The van der Waals surface area contributed by atoms with Gasteiger partial charge in [0.25, 0.3) is 0 Å². The van der Waals surface area contributed by atoms with E-state index >= 15 is 0 Å². The third kappa shape index (κ3) is 1.73. The summed E-state index contributed by atoms with van der Waals surface area (Å²) in [6.45, 7) is 11.3. The van der Waals surface area contributed by atoms with E-state index in [1.54, 1.807) is 5.56 Å². The molecule has 0 heterocycles. The molecule has 0 N–H and O–H groups in total. The van der Waals surface area contributed by atoms with Gasteiger partial charge in [-0.15, -0.1) is 0 Å². The summed E-state index contributed by atoms with van der Waals surface area (Å²) in [7, 11) is 0. The van der Waals surface area contributed by atoms with Gasteiger partial charge < -0.3 is 0 Å². The predicted molar refractivity (Wildman–Crippen MR) is 67.2 cm³/mol. The third-order valence-corrected chi connectivity index (χ3v) is 3.56. The van der Waals surface area contributed by atoms with Crippen LogP contribution in [0, 0.1) is 26.2 Å². The van der Waals surface area contributed by atoms with Gasteiger partial charge in [-0.1, -0.05) is 32.1 Å². The van der Waals surface area contributed by atoms with Crippen molar-refractivity contribution in [2.75, 3.05) is 0 Å². The van der Waals surface area contributed by atoms with E-state index in [1.807, 2.05) is 0 Å². The van der Waals surface area contributed by atoms with Crippen molar-refractivity contribution < 1.29 is 0 Å². The van der Waals surface area contributed by atoms with Crippen LogP contribution in [0.3, 0.4) is 0 Å². The van der Waals surface area contributed by atoms with Crippen LogP contribution in [0.1, 0.15) is 41.7 Å². The fourth-order valence-corrected chi connectivity index (χ4v) is 2.46. The molecule has 0 heteroatoms. The minimum Gasteiger partial charge on any atom is -0.0779 e. The molecule has 2 rings (SSSR count). The van der Waals surface area contributed by atoms with Gasteiger partial charge in [-0.3, -0.25) is 0 Å². The standard InChI is InChI=1S/C15H20/c1-10-8-11(2)14-9-15(4,5)7-6-13(14)12(10)3/h6-8H,9H2,1-5H3. The smallest absolute Gasteiger partial charge is 0.0131 e. The molecule has 0 radical (unpaired) electrons. The Bertz CT molecular complexity index is 434. The van der Waals surface area contributed by atoms with Crippen molar-refractivity contribution in [2.45, 2.75) is 41.0 Å². The average molecular weight is 200 g/mol. The summed E-state index contributed by atoms with van der Waals surface area (Å²) in [4.78, 5) is 0. The molecule has 15 heavy (non-hydrogen) atoms. The molecular weight excluding hydrogens is 180 g/mol. The SMILES string of the molecule is Cc1cc(C)c2c(c1C)C=CC(C)(C)C2. The zero-order valence-corrected chi connectivity index (χ0v) is 10.4. The minimum atomic E-state index is 0.319. The van der Waals surface area contributed by atoms with E-state index in [0.717, 1.165) is 0 Å². The highest BCUT2D eigenvalue weighted by Gasteiger charge is 2.23. The monoisotopic (exact) mass is 200 g/mol. The van der Waals surface area contributed by atoms with E-state index in [4.69, 9.17) is 0 Å². The maximum atomic E-state index is 2.35. The Morgan fingerprint density at radius 1 is 1.07 bits per heavy atom. The molecule has 80 valence electrons. The molecule has 0 saturated carbocycles. The number of aryl methyl sites for hydroxylation is 2. The van der Waals surface area contributed by atoms with Gasteiger partial charge in [-0.05, 0) is 60.4 Å². The second kappa shape index (κ2) is 3.23. The molecule has 0 aromatic heterocycles. The fourth-order valence-electron chi connectivity index (χ4n) is 2.46. The van der Waals surface area contributed by atoms with Crippen LogP contribution in [0.15, 0.2) is 12.1 Å². The number of hydrogen-bond acceptors (Lipinski definition) is 0. The van der Waals surface area contributed by atoms with Crippen molar-refractivity contribution >= 4 is 6.08 Å². The Morgan fingerprint density at radius 2 is 1.73 bits per heavy atom. The molecule has 0 atom stereocenters. The first-order valence-electron chi connectivity index (χ1n) is 5.70. The van der Waals surface area contributed by atoms with Crippen LogP contribution >= 0.6 is 0 Å². The van der Waals surface area contributed by atoms with E-state index in [9.17, 15) is 0 Å². The van der Waals surface area contributed by atoms with Gasteiger partial charge in [0.2, 0.25) is 0 Å². The maximum absolute atomic E-state index is 2.35. The highest BCUT2D eigenvalue weighted by atomic mass is 14.3. The Labute approximate surface area is 93.0 Å². The second-order valence-corrected chi connectivity index (χ2v) is 5.53. The molecule has 1 aromatic rings. The van der Waals surface area contributed by atoms with E-state index in [0.29, 0.717) is 5.41 Å². The summed E-state index contributed by atoms with van der Waals surface area (Å²) in [5, 5.41) is 0. The largest absolute Gasteiger partial charge is 0.0779 e. The average Bonchev–Trinajstić information content (AvgIpc) is 2.13.